The first-order valence-corrected chi connectivity index (χ1v) is 9.24. The summed E-state index contributed by atoms with van der Waals surface area (Å²) in [6.45, 7) is 8.85. The van der Waals surface area contributed by atoms with Crippen molar-refractivity contribution in [3.8, 4) is 0 Å². The highest BCUT2D eigenvalue weighted by molar-refractivity contribution is 6.45. The number of aryl methyl sites for hydroxylation is 1. The third kappa shape index (κ3) is 4.35. The topological polar surface area (TPSA) is 86.8 Å². The van der Waals surface area contributed by atoms with Crippen LogP contribution in [0.25, 0.3) is 0 Å². The van der Waals surface area contributed by atoms with Gasteiger partial charge in [0, 0.05) is 6.04 Å². The van der Waals surface area contributed by atoms with E-state index in [9.17, 15) is 19.2 Å². The van der Waals surface area contributed by atoms with Gasteiger partial charge < -0.3 is 5.32 Å². The van der Waals surface area contributed by atoms with Crippen molar-refractivity contribution in [3.05, 3.63) is 35.4 Å². The Bertz CT molecular complexity index is 740. The Balaban J connectivity index is 2.11. The molecule has 146 valence electrons. The molecule has 1 heterocycles. The average Bonchev–Trinajstić information content (AvgIpc) is 2.83. The molecule has 1 fully saturated rings. The number of imide groups is 2. The van der Waals surface area contributed by atoms with Crippen molar-refractivity contribution < 1.29 is 19.2 Å². The molecular weight excluding hydrogens is 346 g/mol. The molecule has 0 spiro atoms. The maximum Gasteiger partial charge on any atom is 0.334 e. The highest BCUT2D eigenvalue weighted by Gasteiger charge is 2.46. The monoisotopic (exact) mass is 373 g/mol. The fourth-order valence-corrected chi connectivity index (χ4v) is 3.08. The van der Waals surface area contributed by atoms with Crippen molar-refractivity contribution in [1.82, 2.24) is 15.1 Å². The molecule has 1 aliphatic rings. The third-order valence-electron chi connectivity index (χ3n) is 4.63. The minimum atomic E-state index is -0.961. The molecule has 7 nitrogen and oxygen atoms in total. The van der Waals surface area contributed by atoms with Crippen LogP contribution in [0.2, 0.25) is 0 Å². The lowest BCUT2D eigenvalue weighted by molar-refractivity contribution is -0.144. The van der Waals surface area contributed by atoms with Crippen LogP contribution in [0.3, 0.4) is 0 Å². The Kier molecular flexibility index (Phi) is 6.36. The molecule has 0 unspecified atom stereocenters. The van der Waals surface area contributed by atoms with Crippen LogP contribution in [-0.2, 0) is 20.8 Å². The summed E-state index contributed by atoms with van der Waals surface area (Å²) in [5.41, 5.74) is 2.16. The number of hydrogen-bond acceptors (Lipinski definition) is 4. The van der Waals surface area contributed by atoms with E-state index < -0.39 is 36.3 Å². The molecule has 1 aromatic rings. The maximum absolute atomic E-state index is 12.5. The smallest absolute Gasteiger partial charge is 0.334 e. The van der Waals surface area contributed by atoms with Crippen molar-refractivity contribution in [2.45, 2.75) is 53.1 Å². The van der Waals surface area contributed by atoms with Gasteiger partial charge in [-0.1, -0.05) is 45.0 Å². The zero-order valence-corrected chi connectivity index (χ0v) is 16.5. The van der Waals surface area contributed by atoms with Gasteiger partial charge in [0.05, 0.1) is 6.04 Å². The molecule has 1 aromatic carbocycles. The standard InChI is InChI=1S/C20H27N3O4/c1-6-14-7-9-15(10-8-14)17(12(2)3)21-16(24)11-22-18(25)19(26)23(13(4)5)20(22)27/h7-10,12-13,17H,6,11H2,1-5H3,(H,21,24)/t17-/m0/s1. The van der Waals surface area contributed by atoms with Crippen LogP contribution in [0.15, 0.2) is 24.3 Å². The summed E-state index contributed by atoms with van der Waals surface area (Å²) in [6.07, 6.45) is 0.929. The van der Waals surface area contributed by atoms with Gasteiger partial charge in [0.15, 0.2) is 0 Å². The van der Waals surface area contributed by atoms with Crippen molar-refractivity contribution in [1.29, 1.82) is 0 Å². The predicted molar refractivity (Wildman–Crippen MR) is 101 cm³/mol. The number of nitrogens with one attached hydrogen (secondary N) is 1. The summed E-state index contributed by atoms with van der Waals surface area (Å²) in [4.78, 5) is 50.4. The Morgan fingerprint density at radius 3 is 2.04 bits per heavy atom. The molecular formula is C20H27N3O4. The van der Waals surface area contributed by atoms with Gasteiger partial charge in [0.25, 0.3) is 0 Å². The molecule has 0 aromatic heterocycles. The molecule has 0 saturated carbocycles. The molecule has 1 aliphatic heterocycles. The molecule has 27 heavy (non-hydrogen) atoms. The van der Waals surface area contributed by atoms with E-state index in [2.05, 4.69) is 12.2 Å². The first kappa shape index (κ1) is 20.6. The number of benzene rings is 1. The lowest BCUT2D eigenvalue weighted by Crippen LogP contribution is -2.44. The number of carbonyl (C=O) groups excluding carboxylic acids is 4. The average molecular weight is 373 g/mol. The van der Waals surface area contributed by atoms with Crippen LogP contribution >= 0.6 is 0 Å². The van der Waals surface area contributed by atoms with Crippen LogP contribution in [-0.4, -0.2) is 46.1 Å². The molecule has 1 N–H and O–H groups in total. The number of carbonyl (C=O) groups is 4. The Hall–Kier alpha value is -2.70. The van der Waals surface area contributed by atoms with E-state index in [0.717, 1.165) is 16.9 Å². The van der Waals surface area contributed by atoms with Crippen LogP contribution in [0.5, 0.6) is 0 Å². The summed E-state index contributed by atoms with van der Waals surface area (Å²) >= 11 is 0. The van der Waals surface area contributed by atoms with E-state index >= 15 is 0 Å². The molecule has 5 amide bonds. The van der Waals surface area contributed by atoms with E-state index in [1.165, 1.54) is 5.56 Å². The zero-order valence-electron chi connectivity index (χ0n) is 16.5. The van der Waals surface area contributed by atoms with Gasteiger partial charge in [-0.05, 0) is 37.3 Å². The minimum absolute atomic E-state index is 0.111. The van der Waals surface area contributed by atoms with Gasteiger partial charge in [-0.25, -0.2) is 9.69 Å². The largest absolute Gasteiger partial charge is 0.347 e. The predicted octanol–water partition coefficient (Wildman–Crippen LogP) is 2.26. The quantitative estimate of drug-likeness (QED) is 0.587. The minimum Gasteiger partial charge on any atom is -0.347 e. The van der Waals surface area contributed by atoms with Crippen molar-refractivity contribution in [2.24, 2.45) is 5.92 Å². The Labute approximate surface area is 159 Å². The summed E-state index contributed by atoms with van der Waals surface area (Å²) in [7, 11) is 0. The molecule has 1 atom stereocenters. The van der Waals surface area contributed by atoms with Gasteiger partial charge in [-0.15, -0.1) is 0 Å². The van der Waals surface area contributed by atoms with Gasteiger partial charge in [-0.3, -0.25) is 19.3 Å². The first-order chi connectivity index (χ1) is 12.7. The fourth-order valence-electron chi connectivity index (χ4n) is 3.08. The lowest BCUT2D eigenvalue weighted by atomic mass is 9.95. The molecule has 0 aliphatic carbocycles. The van der Waals surface area contributed by atoms with Gasteiger partial charge in [-0.2, -0.15) is 0 Å². The third-order valence-corrected chi connectivity index (χ3v) is 4.63. The lowest BCUT2D eigenvalue weighted by Gasteiger charge is -2.24. The second-order valence-corrected chi connectivity index (χ2v) is 7.33. The summed E-state index contributed by atoms with van der Waals surface area (Å²) in [6, 6.07) is 6.53. The molecule has 2 rings (SSSR count). The molecule has 1 saturated heterocycles. The summed E-state index contributed by atoms with van der Waals surface area (Å²) in [5.74, 6) is -2.22. The molecule has 0 radical (unpaired) electrons. The second-order valence-electron chi connectivity index (χ2n) is 7.33. The first-order valence-electron chi connectivity index (χ1n) is 9.24. The number of urea groups is 1. The maximum atomic E-state index is 12.5. The Morgan fingerprint density at radius 1 is 1.00 bits per heavy atom. The van der Waals surface area contributed by atoms with Crippen LogP contribution < -0.4 is 5.32 Å². The summed E-state index contributed by atoms with van der Waals surface area (Å²) in [5, 5.41) is 2.88. The van der Waals surface area contributed by atoms with E-state index in [1.54, 1.807) is 13.8 Å². The van der Waals surface area contributed by atoms with Gasteiger partial charge >= 0.3 is 17.8 Å². The van der Waals surface area contributed by atoms with E-state index in [1.807, 2.05) is 38.1 Å². The van der Waals surface area contributed by atoms with E-state index in [4.69, 9.17) is 0 Å². The van der Waals surface area contributed by atoms with Crippen molar-refractivity contribution >= 4 is 23.8 Å². The van der Waals surface area contributed by atoms with Crippen LogP contribution in [0, 0.1) is 5.92 Å². The SMILES string of the molecule is CCc1ccc([C@@H](NC(=O)CN2C(=O)C(=O)N(C(C)C)C2=O)C(C)C)cc1. The molecule has 7 heteroatoms. The highest BCUT2D eigenvalue weighted by atomic mass is 16.2. The molecule has 0 bridgehead atoms. The van der Waals surface area contributed by atoms with E-state index in [-0.39, 0.29) is 12.0 Å². The van der Waals surface area contributed by atoms with E-state index in [0.29, 0.717) is 4.90 Å². The number of nitrogens with zero attached hydrogens (tertiary/aromatic N) is 2. The van der Waals surface area contributed by atoms with Gasteiger partial charge in [0.2, 0.25) is 5.91 Å². The van der Waals surface area contributed by atoms with Crippen molar-refractivity contribution in [3.63, 3.8) is 0 Å². The van der Waals surface area contributed by atoms with Gasteiger partial charge in [0.1, 0.15) is 6.54 Å². The number of amides is 5. The highest BCUT2D eigenvalue weighted by Crippen LogP contribution is 2.23. The second kappa shape index (κ2) is 8.33. The van der Waals surface area contributed by atoms with Crippen LogP contribution in [0.1, 0.15) is 51.8 Å². The summed E-state index contributed by atoms with van der Waals surface area (Å²) < 4.78 is 0. The number of hydrogen-bond donors (Lipinski definition) is 1. The fraction of sp³-hybridized carbons (Fsp3) is 0.500. The zero-order chi connectivity index (χ0) is 20.3. The number of rotatable bonds is 7. The Morgan fingerprint density at radius 2 is 1.59 bits per heavy atom. The van der Waals surface area contributed by atoms with Crippen LogP contribution in [0.4, 0.5) is 4.79 Å². The van der Waals surface area contributed by atoms with Crippen molar-refractivity contribution in [2.75, 3.05) is 6.54 Å². The normalized spacial score (nSPS) is 15.9.